The van der Waals surface area contributed by atoms with Crippen LogP contribution in [0.2, 0.25) is 0 Å². The van der Waals surface area contributed by atoms with Crippen molar-refractivity contribution in [1.29, 1.82) is 0 Å². The van der Waals surface area contributed by atoms with Crippen molar-refractivity contribution in [2.75, 3.05) is 6.54 Å². The van der Waals surface area contributed by atoms with Gasteiger partial charge >= 0.3 is 0 Å². The van der Waals surface area contributed by atoms with Gasteiger partial charge < -0.3 is 15.7 Å². The molecule has 0 heterocycles. The SMILES string of the molecule is Cc1cccc(C(=O)NCCC(=O)NC(C)C)c1O. The number of amides is 2. The highest BCUT2D eigenvalue weighted by Gasteiger charge is 2.12. The molecule has 0 saturated carbocycles. The van der Waals surface area contributed by atoms with Gasteiger partial charge in [0.1, 0.15) is 5.75 Å². The number of nitrogens with one attached hydrogen (secondary N) is 2. The molecule has 0 saturated heterocycles. The van der Waals surface area contributed by atoms with Gasteiger partial charge in [0, 0.05) is 19.0 Å². The summed E-state index contributed by atoms with van der Waals surface area (Å²) in [6.45, 7) is 5.72. The van der Waals surface area contributed by atoms with E-state index in [4.69, 9.17) is 0 Å². The van der Waals surface area contributed by atoms with Crippen LogP contribution in [0.5, 0.6) is 5.75 Å². The monoisotopic (exact) mass is 264 g/mol. The largest absolute Gasteiger partial charge is 0.507 e. The summed E-state index contributed by atoms with van der Waals surface area (Å²) in [6, 6.07) is 5.06. The van der Waals surface area contributed by atoms with Crippen molar-refractivity contribution >= 4 is 11.8 Å². The Morgan fingerprint density at radius 2 is 2.00 bits per heavy atom. The summed E-state index contributed by atoms with van der Waals surface area (Å²) >= 11 is 0. The lowest BCUT2D eigenvalue weighted by molar-refractivity contribution is -0.121. The Bertz CT molecular complexity index is 470. The van der Waals surface area contributed by atoms with Crippen LogP contribution in [-0.4, -0.2) is 29.5 Å². The number of para-hydroxylation sites is 1. The van der Waals surface area contributed by atoms with Gasteiger partial charge in [-0.05, 0) is 32.4 Å². The number of phenolic OH excluding ortho intramolecular Hbond substituents is 1. The van der Waals surface area contributed by atoms with E-state index in [1.54, 1.807) is 25.1 Å². The third-order valence-electron chi connectivity index (χ3n) is 2.57. The van der Waals surface area contributed by atoms with Gasteiger partial charge in [-0.3, -0.25) is 9.59 Å². The molecule has 2 amide bonds. The molecule has 0 spiro atoms. The Balaban J connectivity index is 2.48. The van der Waals surface area contributed by atoms with Gasteiger partial charge in [0.15, 0.2) is 0 Å². The van der Waals surface area contributed by atoms with Gasteiger partial charge in [0.25, 0.3) is 5.91 Å². The highest BCUT2D eigenvalue weighted by atomic mass is 16.3. The fraction of sp³-hybridized carbons (Fsp3) is 0.429. The fourth-order valence-corrected chi connectivity index (χ4v) is 1.62. The van der Waals surface area contributed by atoms with Crippen LogP contribution in [0.1, 0.15) is 36.2 Å². The number of phenols is 1. The molecule has 0 aliphatic carbocycles. The molecule has 0 aliphatic rings. The zero-order valence-electron chi connectivity index (χ0n) is 11.5. The zero-order chi connectivity index (χ0) is 14.4. The lowest BCUT2D eigenvalue weighted by Gasteiger charge is -2.10. The maximum absolute atomic E-state index is 11.8. The fourth-order valence-electron chi connectivity index (χ4n) is 1.62. The molecule has 0 unspecified atom stereocenters. The van der Waals surface area contributed by atoms with Crippen molar-refractivity contribution in [2.24, 2.45) is 0 Å². The lowest BCUT2D eigenvalue weighted by Crippen LogP contribution is -2.34. The summed E-state index contributed by atoms with van der Waals surface area (Å²) in [4.78, 5) is 23.2. The Morgan fingerprint density at radius 3 is 2.63 bits per heavy atom. The second-order valence-corrected chi connectivity index (χ2v) is 4.70. The number of rotatable bonds is 5. The lowest BCUT2D eigenvalue weighted by atomic mass is 10.1. The van der Waals surface area contributed by atoms with E-state index in [0.29, 0.717) is 5.56 Å². The summed E-state index contributed by atoms with van der Waals surface area (Å²) in [6.07, 6.45) is 0.219. The topological polar surface area (TPSA) is 78.4 Å². The quantitative estimate of drug-likeness (QED) is 0.751. The van der Waals surface area contributed by atoms with Crippen LogP contribution in [0.25, 0.3) is 0 Å². The zero-order valence-corrected chi connectivity index (χ0v) is 11.5. The first-order valence-corrected chi connectivity index (χ1v) is 6.28. The molecule has 5 nitrogen and oxygen atoms in total. The molecule has 0 aliphatic heterocycles. The van der Waals surface area contributed by atoms with Crippen LogP contribution in [0.3, 0.4) is 0 Å². The molecule has 1 aromatic carbocycles. The van der Waals surface area contributed by atoms with Gasteiger partial charge in [-0.25, -0.2) is 0 Å². The summed E-state index contributed by atoms with van der Waals surface area (Å²) in [5.41, 5.74) is 0.870. The van der Waals surface area contributed by atoms with Gasteiger partial charge in [0.05, 0.1) is 5.56 Å². The third kappa shape index (κ3) is 4.62. The summed E-state index contributed by atoms with van der Waals surface area (Å²) in [5, 5.41) is 15.1. The Kier molecular flexibility index (Phi) is 5.36. The highest BCUT2D eigenvalue weighted by molar-refractivity contribution is 5.97. The van der Waals surface area contributed by atoms with E-state index in [0.717, 1.165) is 0 Å². The van der Waals surface area contributed by atoms with Gasteiger partial charge in [0.2, 0.25) is 5.91 Å². The average molecular weight is 264 g/mol. The van der Waals surface area contributed by atoms with E-state index < -0.39 is 0 Å². The molecule has 1 rings (SSSR count). The number of carbonyl (C=O) groups is 2. The van der Waals surface area contributed by atoms with Gasteiger partial charge in [-0.1, -0.05) is 12.1 Å². The molecule has 0 radical (unpaired) electrons. The van der Waals surface area contributed by atoms with E-state index in [-0.39, 0.29) is 42.1 Å². The smallest absolute Gasteiger partial charge is 0.255 e. The number of aryl methyl sites for hydroxylation is 1. The number of carbonyl (C=O) groups excluding carboxylic acids is 2. The standard InChI is InChI=1S/C14H20N2O3/c1-9(2)16-12(17)7-8-15-14(19)11-6-4-5-10(3)13(11)18/h4-6,9,18H,7-8H2,1-3H3,(H,15,19)(H,16,17). The predicted octanol–water partition coefficient (Wildman–Crippen LogP) is 1.35. The van der Waals surface area contributed by atoms with E-state index in [1.165, 1.54) is 0 Å². The minimum Gasteiger partial charge on any atom is -0.507 e. The molecule has 0 atom stereocenters. The van der Waals surface area contributed by atoms with Crippen molar-refractivity contribution < 1.29 is 14.7 Å². The first-order valence-electron chi connectivity index (χ1n) is 6.28. The number of aromatic hydroxyl groups is 1. The molecule has 0 bridgehead atoms. The Hall–Kier alpha value is -2.04. The van der Waals surface area contributed by atoms with Crippen molar-refractivity contribution in [3.05, 3.63) is 29.3 Å². The predicted molar refractivity (Wildman–Crippen MR) is 73.1 cm³/mol. The summed E-state index contributed by atoms with van der Waals surface area (Å²) in [5.74, 6) is -0.506. The highest BCUT2D eigenvalue weighted by Crippen LogP contribution is 2.20. The number of hydrogen-bond acceptors (Lipinski definition) is 3. The molecule has 1 aromatic rings. The molecular formula is C14H20N2O3. The average Bonchev–Trinajstić information content (AvgIpc) is 2.31. The molecular weight excluding hydrogens is 244 g/mol. The molecule has 104 valence electrons. The van der Waals surface area contributed by atoms with Crippen molar-refractivity contribution in [1.82, 2.24) is 10.6 Å². The summed E-state index contributed by atoms with van der Waals surface area (Å²) in [7, 11) is 0. The molecule has 5 heteroatoms. The molecule has 3 N–H and O–H groups in total. The number of hydrogen-bond donors (Lipinski definition) is 3. The third-order valence-corrected chi connectivity index (χ3v) is 2.57. The summed E-state index contributed by atoms with van der Waals surface area (Å²) < 4.78 is 0. The van der Waals surface area contributed by atoms with E-state index in [1.807, 2.05) is 13.8 Å². The second-order valence-electron chi connectivity index (χ2n) is 4.70. The second kappa shape index (κ2) is 6.78. The van der Waals surface area contributed by atoms with Crippen LogP contribution >= 0.6 is 0 Å². The minimum absolute atomic E-state index is 0.0216. The van der Waals surface area contributed by atoms with Crippen LogP contribution in [0.15, 0.2) is 18.2 Å². The molecule has 19 heavy (non-hydrogen) atoms. The van der Waals surface area contributed by atoms with Crippen molar-refractivity contribution in [2.45, 2.75) is 33.2 Å². The first-order chi connectivity index (χ1) is 8.91. The minimum atomic E-state index is -0.376. The van der Waals surface area contributed by atoms with Gasteiger partial charge in [-0.15, -0.1) is 0 Å². The van der Waals surface area contributed by atoms with E-state index in [2.05, 4.69) is 10.6 Å². The van der Waals surface area contributed by atoms with Crippen LogP contribution in [0.4, 0.5) is 0 Å². The maximum atomic E-state index is 11.8. The number of benzene rings is 1. The first kappa shape index (κ1) is 15.0. The maximum Gasteiger partial charge on any atom is 0.255 e. The van der Waals surface area contributed by atoms with Crippen LogP contribution < -0.4 is 10.6 Å². The van der Waals surface area contributed by atoms with Crippen LogP contribution in [-0.2, 0) is 4.79 Å². The Morgan fingerprint density at radius 1 is 1.32 bits per heavy atom. The van der Waals surface area contributed by atoms with Crippen LogP contribution in [0, 0.1) is 6.92 Å². The Labute approximate surface area is 113 Å². The van der Waals surface area contributed by atoms with Crippen molar-refractivity contribution in [3.8, 4) is 5.75 Å². The molecule has 0 aromatic heterocycles. The van der Waals surface area contributed by atoms with Gasteiger partial charge in [-0.2, -0.15) is 0 Å². The van der Waals surface area contributed by atoms with E-state index >= 15 is 0 Å². The van der Waals surface area contributed by atoms with E-state index in [9.17, 15) is 14.7 Å². The molecule has 0 fully saturated rings. The normalized spacial score (nSPS) is 10.3. The van der Waals surface area contributed by atoms with Crippen molar-refractivity contribution in [3.63, 3.8) is 0 Å².